The Morgan fingerprint density at radius 1 is 1.19 bits per heavy atom. The molecule has 0 bridgehead atoms. The van der Waals surface area contributed by atoms with Crippen LogP contribution in [0.25, 0.3) is 16.7 Å². The van der Waals surface area contributed by atoms with Crippen LogP contribution in [-0.4, -0.2) is 50.5 Å². The van der Waals surface area contributed by atoms with E-state index in [1.54, 1.807) is 12.1 Å². The Labute approximate surface area is 155 Å². The van der Waals surface area contributed by atoms with Crippen molar-refractivity contribution in [3.8, 4) is 17.2 Å². The second kappa shape index (κ2) is 7.88. The number of nitrogens with zero attached hydrogens (tertiary/aromatic N) is 3. The molecule has 0 radical (unpaired) electrons. The summed E-state index contributed by atoms with van der Waals surface area (Å²) in [4.78, 5) is 12.6. The maximum absolute atomic E-state index is 11.3. The molecule has 1 heterocycles. The van der Waals surface area contributed by atoms with Gasteiger partial charge in [0.2, 0.25) is 0 Å². The van der Waals surface area contributed by atoms with Gasteiger partial charge in [-0.05, 0) is 31.2 Å². The summed E-state index contributed by atoms with van der Waals surface area (Å²) in [5.41, 5.74) is 2.08. The number of aliphatic hydroxyl groups is 1. The maximum atomic E-state index is 11.3. The maximum Gasteiger partial charge on any atom is 0.333 e. The van der Waals surface area contributed by atoms with E-state index < -0.39 is 12.1 Å². The van der Waals surface area contributed by atoms with E-state index in [9.17, 15) is 15.0 Å². The molecule has 0 aliphatic heterocycles. The lowest BCUT2D eigenvalue weighted by molar-refractivity contribution is -0.142. The van der Waals surface area contributed by atoms with Crippen molar-refractivity contribution in [2.45, 2.75) is 13.0 Å². The van der Waals surface area contributed by atoms with Crippen LogP contribution in [0.2, 0.25) is 0 Å². The van der Waals surface area contributed by atoms with E-state index in [1.807, 2.05) is 24.3 Å². The molecule has 0 aliphatic rings. The molecule has 27 heavy (non-hydrogen) atoms. The number of phenols is 1. The van der Waals surface area contributed by atoms with Crippen LogP contribution < -0.4 is 4.74 Å². The smallest absolute Gasteiger partial charge is 0.333 e. The fourth-order valence-corrected chi connectivity index (χ4v) is 2.27. The molecule has 2 N–H and O–H groups in total. The van der Waals surface area contributed by atoms with Crippen LogP contribution in [-0.2, 0) is 9.53 Å². The van der Waals surface area contributed by atoms with E-state index in [0.29, 0.717) is 22.5 Å². The van der Waals surface area contributed by atoms with Crippen molar-refractivity contribution in [1.82, 2.24) is 15.0 Å². The number of aromatic hydroxyl groups is 1. The van der Waals surface area contributed by atoms with Crippen LogP contribution in [0.4, 0.5) is 0 Å². The first-order valence-corrected chi connectivity index (χ1v) is 8.23. The highest BCUT2D eigenvalue weighted by molar-refractivity contribution is 5.86. The van der Waals surface area contributed by atoms with Gasteiger partial charge in [0.05, 0.1) is 0 Å². The number of hydrogen-bond acceptors (Lipinski definition) is 7. The summed E-state index contributed by atoms with van der Waals surface area (Å²) in [5, 5.41) is 28.7. The molecule has 0 spiro atoms. The van der Waals surface area contributed by atoms with Gasteiger partial charge >= 0.3 is 5.97 Å². The van der Waals surface area contributed by atoms with Gasteiger partial charge in [-0.2, -0.15) is 0 Å². The first-order chi connectivity index (χ1) is 12.9. The molecule has 3 aromatic rings. The molecule has 2 aromatic carbocycles. The van der Waals surface area contributed by atoms with Gasteiger partial charge < -0.3 is 19.7 Å². The normalized spacial score (nSPS) is 11.9. The highest BCUT2D eigenvalue weighted by Gasteiger charge is 2.13. The molecule has 1 aromatic heterocycles. The number of benzene rings is 2. The van der Waals surface area contributed by atoms with E-state index in [2.05, 4.69) is 16.8 Å². The average Bonchev–Trinajstić information content (AvgIpc) is 3.08. The Kier molecular flexibility index (Phi) is 5.37. The SMILES string of the molecule is C=C(C)C(=O)OCC(O)COc1ccc(-n2nc3ccccc3n2)c(O)c1. The van der Waals surface area contributed by atoms with Crippen LogP contribution >= 0.6 is 0 Å². The number of hydrogen-bond donors (Lipinski definition) is 2. The van der Waals surface area contributed by atoms with Gasteiger partial charge in [0.1, 0.15) is 47.5 Å². The Hall–Kier alpha value is -3.39. The van der Waals surface area contributed by atoms with E-state index in [-0.39, 0.29) is 24.5 Å². The summed E-state index contributed by atoms with van der Waals surface area (Å²) >= 11 is 0. The predicted molar refractivity (Wildman–Crippen MR) is 97.8 cm³/mol. The minimum absolute atomic E-state index is 0.0731. The minimum Gasteiger partial charge on any atom is -0.505 e. The molecule has 8 nitrogen and oxygen atoms in total. The molecule has 0 aliphatic carbocycles. The minimum atomic E-state index is -1.01. The number of carbonyl (C=O) groups is 1. The number of phenolic OH excluding ortho intramolecular Hbond substituents is 1. The number of aromatic nitrogens is 3. The van der Waals surface area contributed by atoms with E-state index in [4.69, 9.17) is 9.47 Å². The van der Waals surface area contributed by atoms with Gasteiger partial charge in [0, 0.05) is 11.6 Å². The third kappa shape index (κ3) is 4.42. The van der Waals surface area contributed by atoms with Crippen LogP contribution in [0.1, 0.15) is 6.92 Å². The summed E-state index contributed by atoms with van der Waals surface area (Å²) < 4.78 is 10.3. The molecule has 140 valence electrons. The summed E-state index contributed by atoms with van der Waals surface area (Å²) in [6.45, 7) is 4.66. The summed E-state index contributed by atoms with van der Waals surface area (Å²) in [5.74, 6) is -0.301. The van der Waals surface area contributed by atoms with Gasteiger partial charge in [0.25, 0.3) is 0 Å². The van der Waals surface area contributed by atoms with Crippen molar-refractivity contribution in [3.05, 3.63) is 54.6 Å². The third-order valence-corrected chi connectivity index (χ3v) is 3.65. The first-order valence-electron chi connectivity index (χ1n) is 8.23. The van der Waals surface area contributed by atoms with Crippen LogP contribution in [0.3, 0.4) is 0 Å². The third-order valence-electron chi connectivity index (χ3n) is 3.65. The summed E-state index contributed by atoms with van der Waals surface area (Å²) in [6, 6.07) is 12.0. The Balaban J connectivity index is 1.63. The molecule has 0 saturated carbocycles. The molecule has 1 unspecified atom stereocenters. The molecular weight excluding hydrogens is 350 g/mol. The van der Waals surface area contributed by atoms with Crippen molar-refractivity contribution in [2.24, 2.45) is 0 Å². The Morgan fingerprint density at radius 3 is 2.44 bits per heavy atom. The van der Waals surface area contributed by atoms with Crippen molar-refractivity contribution >= 4 is 17.0 Å². The fraction of sp³-hybridized carbons (Fsp3) is 0.211. The number of fused-ring (bicyclic) bond motifs is 1. The Bertz CT molecular complexity index is 949. The summed E-state index contributed by atoms with van der Waals surface area (Å²) in [6.07, 6.45) is -1.01. The number of carbonyl (C=O) groups excluding carboxylic acids is 1. The number of ether oxygens (including phenoxy) is 2. The van der Waals surface area contributed by atoms with Crippen molar-refractivity contribution in [3.63, 3.8) is 0 Å². The standard InChI is InChI=1S/C19H19N3O5/c1-12(2)19(25)27-11-13(23)10-26-14-7-8-17(18(24)9-14)22-20-15-5-3-4-6-16(15)21-22/h3-9,13,23-24H,1,10-11H2,2H3. The van der Waals surface area contributed by atoms with E-state index >= 15 is 0 Å². The lowest BCUT2D eigenvalue weighted by atomic mass is 10.3. The molecule has 1 atom stereocenters. The lowest BCUT2D eigenvalue weighted by Gasteiger charge is -2.13. The lowest BCUT2D eigenvalue weighted by Crippen LogP contribution is -2.25. The van der Waals surface area contributed by atoms with E-state index in [1.165, 1.54) is 17.8 Å². The Morgan fingerprint density at radius 2 is 1.85 bits per heavy atom. The fourth-order valence-electron chi connectivity index (χ4n) is 2.27. The second-order valence-corrected chi connectivity index (χ2v) is 5.97. The zero-order chi connectivity index (χ0) is 19.4. The molecule has 0 fully saturated rings. The van der Waals surface area contributed by atoms with Crippen LogP contribution in [0.5, 0.6) is 11.5 Å². The number of esters is 1. The largest absolute Gasteiger partial charge is 0.505 e. The topological polar surface area (TPSA) is 107 Å². The molecular formula is C19H19N3O5. The second-order valence-electron chi connectivity index (χ2n) is 5.97. The van der Waals surface area contributed by atoms with Gasteiger partial charge in [-0.3, -0.25) is 0 Å². The summed E-state index contributed by atoms with van der Waals surface area (Å²) in [7, 11) is 0. The molecule has 8 heteroatoms. The zero-order valence-electron chi connectivity index (χ0n) is 14.7. The number of rotatable bonds is 7. The van der Waals surface area contributed by atoms with Crippen molar-refractivity contribution < 1.29 is 24.5 Å². The molecule has 0 amide bonds. The highest BCUT2D eigenvalue weighted by Crippen LogP contribution is 2.26. The van der Waals surface area contributed by atoms with Gasteiger partial charge in [0.15, 0.2) is 0 Å². The molecule has 3 rings (SSSR count). The number of aliphatic hydroxyl groups excluding tert-OH is 1. The predicted octanol–water partition coefficient (Wildman–Crippen LogP) is 1.99. The average molecular weight is 369 g/mol. The monoisotopic (exact) mass is 369 g/mol. The van der Waals surface area contributed by atoms with Gasteiger partial charge in [-0.1, -0.05) is 18.7 Å². The quantitative estimate of drug-likeness (QED) is 0.484. The highest BCUT2D eigenvalue weighted by atomic mass is 16.5. The first kappa shape index (κ1) is 18.4. The van der Waals surface area contributed by atoms with Gasteiger partial charge in [-0.25, -0.2) is 4.79 Å². The molecule has 0 saturated heterocycles. The van der Waals surface area contributed by atoms with Gasteiger partial charge in [-0.15, -0.1) is 15.0 Å². The van der Waals surface area contributed by atoms with Crippen molar-refractivity contribution in [1.29, 1.82) is 0 Å². The van der Waals surface area contributed by atoms with Crippen molar-refractivity contribution in [2.75, 3.05) is 13.2 Å². The van der Waals surface area contributed by atoms with Crippen LogP contribution in [0, 0.1) is 0 Å². The van der Waals surface area contributed by atoms with E-state index in [0.717, 1.165) is 0 Å². The zero-order valence-corrected chi connectivity index (χ0v) is 14.7. The van der Waals surface area contributed by atoms with Crippen LogP contribution in [0.15, 0.2) is 54.6 Å².